The molecule has 0 radical (unpaired) electrons. The summed E-state index contributed by atoms with van der Waals surface area (Å²) in [5.41, 5.74) is 0.760. The molecule has 1 aromatic rings. The van der Waals surface area contributed by atoms with Gasteiger partial charge in [-0.05, 0) is 19.0 Å². The van der Waals surface area contributed by atoms with E-state index in [1.807, 2.05) is 29.6 Å². The predicted molar refractivity (Wildman–Crippen MR) is 83.4 cm³/mol. The number of aromatic nitrogens is 1. The highest BCUT2D eigenvalue weighted by atomic mass is 32.2. The zero-order valence-corrected chi connectivity index (χ0v) is 13.1. The molecule has 0 amide bonds. The van der Waals surface area contributed by atoms with Gasteiger partial charge in [-0.2, -0.15) is 23.5 Å². The third-order valence-electron chi connectivity index (χ3n) is 3.39. The summed E-state index contributed by atoms with van der Waals surface area (Å²) < 4.78 is 14.0. The van der Waals surface area contributed by atoms with Crippen LogP contribution in [0.3, 0.4) is 0 Å². The van der Waals surface area contributed by atoms with Crippen molar-refractivity contribution in [3.8, 4) is 0 Å². The van der Waals surface area contributed by atoms with E-state index < -0.39 is 0 Å². The van der Waals surface area contributed by atoms with Crippen LogP contribution in [0.2, 0.25) is 0 Å². The van der Waals surface area contributed by atoms with Crippen LogP contribution in [0.5, 0.6) is 0 Å². The van der Waals surface area contributed by atoms with E-state index >= 15 is 0 Å². The molecule has 19 heavy (non-hydrogen) atoms. The number of hydrogen-bond acceptors (Lipinski definition) is 4. The number of thioether (sulfide) groups is 2. The topological polar surface area (TPSA) is 24.9 Å². The molecule has 0 bridgehead atoms. The van der Waals surface area contributed by atoms with E-state index in [1.54, 1.807) is 6.20 Å². The highest BCUT2D eigenvalue weighted by Crippen LogP contribution is 2.40. The van der Waals surface area contributed by atoms with Gasteiger partial charge in [0.05, 0.1) is 6.20 Å². The standard InChI is InChI=1S/C14H21FN2S2/c1-3-12-14(19-8-7-18-12)13(17-4-2)10-5-6-16-9-11(10)15/h5-6,9,12-14,17H,3-4,7-8H2,1-2H3. The summed E-state index contributed by atoms with van der Waals surface area (Å²) in [6, 6.07) is 1.89. The van der Waals surface area contributed by atoms with Crippen molar-refractivity contribution < 1.29 is 4.39 Å². The third kappa shape index (κ3) is 3.64. The van der Waals surface area contributed by atoms with Crippen LogP contribution < -0.4 is 5.32 Å². The van der Waals surface area contributed by atoms with Crippen molar-refractivity contribution in [2.24, 2.45) is 0 Å². The molecule has 1 aromatic heterocycles. The minimum absolute atomic E-state index is 0.0794. The van der Waals surface area contributed by atoms with Gasteiger partial charge in [0.2, 0.25) is 0 Å². The van der Waals surface area contributed by atoms with E-state index in [4.69, 9.17) is 0 Å². The zero-order chi connectivity index (χ0) is 13.7. The molecular weight excluding hydrogens is 279 g/mol. The van der Waals surface area contributed by atoms with Crippen LogP contribution in [0.25, 0.3) is 0 Å². The zero-order valence-electron chi connectivity index (χ0n) is 11.4. The summed E-state index contributed by atoms with van der Waals surface area (Å²) >= 11 is 4.00. The van der Waals surface area contributed by atoms with Gasteiger partial charge in [0.25, 0.3) is 0 Å². The van der Waals surface area contributed by atoms with Gasteiger partial charge in [-0.15, -0.1) is 0 Å². The van der Waals surface area contributed by atoms with Crippen LogP contribution in [-0.2, 0) is 0 Å². The van der Waals surface area contributed by atoms with Crippen LogP contribution in [0.4, 0.5) is 4.39 Å². The van der Waals surface area contributed by atoms with Crippen molar-refractivity contribution in [2.75, 3.05) is 18.1 Å². The molecule has 0 saturated carbocycles. The van der Waals surface area contributed by atoms with Crippen molar-refractivity contribution in [1.29, 1.82) is 0 Å². The van der Waals surface area contributed by atoms with Gasteiger partial charge in [0, 0.05) is 39.8 Å². The van der Waals surface area contributed by atoms with E-state index in [-0.39, 0.29) is 11.9 Å². The Hall–Kier alpha value is -0.260. The smallest absolute Gasteiger partial charge is 0.146 e. The first-order valence-corrected chi connectivity index (χ1v) is 8.93. The maximum atomic E-state index is 14.0. The fourth-order valence-electron chi connectivity index (χ4n) is 2.51. The Morgan fingerprint density at radius 3 is 2.89 bits per heavy atom. The molecule has 3 unspecified atom stereocenters. The number of halogens is 1. The lowest BCUT2D eigenvalue weighted by Crippen LogP contribution is -2.39. The lowest BCUT2D eigenvalue weighted by atomic mass is 10.0. The molecule has 0 aromatic carbocycles. The quantitative estimate of drug-likeness (QED) is 0.899. The van der Waals surface area contributed by atoms with Gasteiger partial charge < -0.3 is 5.32 Å². The van der Waals surface area contributed by atoms with Gasteiger partial charge in [-0.25, -0.2) is 4.39 Å². The number of pyridine rings is 1. The number of nitrogens with zero attached hydrogens (tertiary/aromatic N) is 1. The second-order valence-corrected chi connectivity index (χ2v) is 7.22. The first-order chi connectivity index (χ1) is 9.27. The van der Waals surface area contributed by atoms with Gasteiger partial charge in [-0.1, -0.05) is 13.8 Å². The van der Waals surface area contributed by atoms with Gasteiger partial charge >= 0.3 is 0 Å². The normalized spacial score (nSPS) is 25.2. The third-order valence-corrected chi connectivity index (χ3v) is 6.74. The maximum absolute atomic E-state index is 14.0. The summed E-state index contributed by atoms with van der Waals surface area (Å²) in [7, 11) is 0. The van der Waals surface area contributed by atoms with Crippen molar-refractivity contribution in [2.45, 2.75) is 36.8 Å². The Labute approximate surface area is 123 Å². The van der Waals surface area contributed by atoms with Gasteiger partial charge in [0.15, 0.2) is 0 Å². The van der Waals surface area contributed by atoms with Crippen LogP contribution in [0.15, 0.2) is 18.5 Å². The van der Waals surface area contributed by atoms with Crippen molar-refractivity contribution in [3.63, 3.8) is 0 Å². The van der Waals surface area contributed by atoms with Gasteiger partial charge in [-0.3, -0.25) is 4.98 Å². The summed E-state index contributed by atoms with van der Waals surface area (Å²) in [5, 5.41) is 4.50. The second-order valence-electron chi connectivity index (χ2n) is 4.59. The highest BCUT2D eigenvalue weighted by Gasteiger charge is 2.33. The van der Waals surface area contributed by atoms with E-state index in [2.05, 4.69) is 24.1 Å². The summed E-state index contributed by atoms with van der Waals surface area (Å²) in [4.78, 5) is 3.86. The molecule has 106 valence electrons. The molecule has 2 heterocycles. The van der Waals surface area contributed by atoms with Crippen LogP contribution in [-0.4, -0.2) is 33.5 Å². The van der Waals surface area contributed by atoms with E-state index in [0.29, 0.717) is 10.5 Å². The Morgan fingerprint density at radius 2 is 2.21 bits per heavy atom. The van der Waals surface area contributed by atoms with Crippen molar-refractivity contribution in [1.82, 2.24) is 10.3 Å². The SMILES string of the molecule is CCNC(c1ccncc1F)C1SCCSC1CC. The second kappa shape index (κ2) is 7.50. The monoisotopic (exact) mass is 300 g/mol. The molecule has 5 heteroatoms. The number of hydrogen-bond donors (Lipinski definition) is 1. The molecular formula is C14H21FN2S2. The van der Waals surface area contributed by atoms with E-state index in [0.717, 1.165) is 24.3 Å². The lowest BCUT2D eigenvalue weighted by Gasteiger charge is -2.36. The van der Waals surface area contributed by atoms with Crippen molar-refractivity contribution in [3.05, 3.63) is 29.8 Å². The number of nitrogens with one attached hydrogen (secondary N) is 1. The molecule has 2 rings (SSSR count). The minimum atomic E-state index is -0.195. The minimum Gasteiger partial charge on any atom is -0.309 e. The summed E-state index contributed by atoms with van der Waals surface area (Å²) in [5.74, 6) is 2.16. The Bertz CT molecular complexity index is 403. The predicted octanol–water partition coefficient (Wildman–Crippen LogP) is 3.50. The largest absolute Gasteiger partial charge is 0.309 e. The molecule has 2 nitrogen and oxygen atoms in total. The average Bonchev–Trinajstić information content (AvgIpc) is 2.46. The molecule has 1 saturated heterocycles. The van der Waals surface area contributed by atoms with E-state index in [1.165, 1.54) is 11.9 Å². The first kappa shape index (κ1) is 15.1. The van der Waals surface area contributed by atoms with Crippen molar-refractivity contribution >= 4 is 23.5 Å². The van der Waals surface area contributed by atoms with Crippen LogP contribution >= 0.6 is 23.5 Å². The fraction of sp³-hybridized carbons (Fsp3) is 0.643. The van der Waals surface area contributed by atoms with Gasteiger partial charge in [0.1, 0.15) is 5.82 Å². The van der Waals surface area contributed by atoms with E-state index in [9.17, 15) is 4.39 Å². The van der Waals surface area contributed by atoms with Crippen LogP contribution in [0, 0.1) is 5.82 Å². The fourth-order valence-corrected chi connectivity index (χ4v) is 5.75. The maximum Gasteiger partial charge on any atom is 0.146 e. The molecule has 3 atom stereocenters. The lowest BCUT2D eigenvalue weighted by molar-refractivity contribution is 0.483. The molecule has 1 aliphatic rings. The summed E-state index contributed by atoms with van der Waals surface area (Å²) in [6.45, 7) is 5.15. The summed E-state index contributed by atoms with van der Waals surface area (Å²) in [6.07, 6.45) is 4.14. The highest BCUT2D eigenvalue weighted by molar-refractivity contribution is 8.07. The first-order valence-electron chi connectivity index (χ1n) is 6.83. The average molecular weight is 300 g/mol. The Morgan fingerprint density at radius 1 is 1.42 bits per heavy atom. The molecule has 0 aliphatic carbocycles. The molecule has 1 N–H and O–H groups in total. The molecule has 1 aliphatic heterocycles. The Balaban J connectivity index is 2.26. The molecule has 0 spiro atoms. The number of rotatable bonds is 5. The molecule has 1 fully saturated rings. The Kier molecular flexibility index (Phi) is 5.98. The van der Waals surface area contributed by atoms with Crippen LogP contribution in [0.1, 0.15) is 31.9 Å².